The average Bonchev–Trinajstić information content (AvgIpc) is 2.47. The highest BCUT2D eigenvalue weighted by Gasteiger charge is 2.20. The largest absolute Gasteiger partial charge is 0.375 e. The molecular weight excluding hydrogens is 234 g/mol. The molecule has 0 spiro atoms. The zero-order valence-corrected chi connectivity index (χ0v) is 11.9. The Morgan fingerprint density at radius 3 is 2.42 bits per heavy atom. The smallest absolute Gasteiger partial charge is 0.0723 e. The maximum absolute atomic E-state index is 6.25. The molecule has 0 fully saturated rings. The fourth-order valence-electron chi connectivity index (χ4n) is 2.24. The minimum absolute atomic E-state index is 0.190. The molecule has 2 rings (SSSR count). The van der Waals surface area contributed by atoms with Crippen molar-refractivity contribution in [2.75, 3.05) is 6.61 Å². The zero-order chi connectivity index (χ0) is 13.7. The van der Waals surface area contributed by atoms with Crippen LogP contribution in [-0.2, 0) is 11.3 Å². The number of hydrogen-bond donors (Lipinski definition) is 1. The van der Waals surface area contributed by atoms with Crippen LogP contribution in [0.5, 0.6) is 0 Å². The van der Waals surface area contributed by atoms with Gasteiger partial charge in [-0.1, -0.05) is 56.3 Å². The van der Waals surface area contributed by atoms with Crippen molar-refractivity contribution >= 4 is 10.8 Å². The Labute approximate surface area is 115 Å². The molecule has 0 bridgehead atoms. The summed E-state index contributed by atoms with van der Waals surface area (Å²) in [6, 6.07) is 14.7. The number of nitrogens with two attached hydrogens (primary N) is 1. The van der Waals surface area contributed by atoms with E-state index in [0.29, 0.717) is 13.2 Å². The molecule has 0 radical (unpaired) electrons. The third kappa shape index (κ3) is 3.34. The van der Waals surface area contributed by atoms with Crippen molar-refractivity contribution in [2.24, 2.45) is 5.73 Å². The minimum atomic E-state index is -0.190. The monoisotopic (exact) mass is 257 g/mol. The molecule has 2 nitrogen and oxygen atoms in total. The second kappa shape index (κ2) is 6.18. The summed E-state index contributed by atoms with van der Waals surface area (Å²) in [6.07, 6.45) is 1.89. The first kappa shape index (κ1) is 14.0. The Hall–Kier alpha value is -1.38. The Kier molecular flexibility index (Phi) is 4.56. The van der Waals surface area contributed by atoms with E-state index in [0.717, 1.165) is 12.8 Å². The van der Waals surface area contributed by atoms with Gasteiger partial charge in [0.05, 0.1) is 13.2 Å². The molecule has 0 aliphatic heterocycles. The lowest BCUT2D eigenvalue weighted by Gasteiger charge is -2.26. The molecule has 0 aliphatic rings. The van der Waals surface area contributed by atoms with Gasteiger partial charge in [0.25, 0.3) is 0 Å². The third-order valence-electron chi connectivity index (χ3n) is 3.94. The number of hydrogen-bond acceptors (Lipinski definition) is 2. The molecule has 0 atom stereocenters. The summed E-state index contributed by atoms with van der Waals surface area (Å²) in [5, 5.41) is 2.52. The molecule has 19 heavy (non-hydrogen) atoms. The first-order valence-electron chi connectivity index (χ1n) is 7.02. The molecule has 0 unspecified atom stereocenters. The van der Waals surface area contributed by atoms with Crippen LogP contribution in [0.3, 0.4) is 0 Å². The van der Waals surface area contributed by atoms with Crippen LogP contribution in [0.2, 0.25) is 0 Å². The second-order valence-corrected chi connectivity index (χ2v) is 5.20. The highest BCUT2D eigenvalue weighted by molar-refractivity contribution is 5.85. The Balaban J connectivity index is 2.06. The standard InChI is InChI=1S/C17H23NO/c1-3-17(18,4-2)13-19-12-15-10-7-9-14-8-5-6-11-16(14)15/h5-11H,3-4,12-13,18H2,1-2H3. The van der Waals surface area contributed by atoms with E-state index in [9.17, 15) is 0 Å². The van der Waals surface area contributed by atoms with Crippen LogP contribution in [0, 0.1) is 0 Å². The van der Waals surface area contributed by atoms with Crippen LogP contribution < -0.4 is 5.73 Å². The normalized spacial score (nSPS) is 11.9. The molecule has 2 aromatic carbocycles. The van der Waals surface area contributed by atoms with Crippen molar-refractivity contribution in [3.8, 4) is 0 Å². The fraction of sp³-hybridized carbons (Fsp3) is 0.412. The molecule has 2 heteroatoms. The van der Waals surface area contributed by atoms with E-state index in [-0.39, 0.29) is 5.54 Å². The average molecular weight is 257 g/mol. The van der Waals surface area contributed by atoms with Crippen molar-refractivity contribution in [3.63, 3.8) is 0 Å². The molecule has 0 amide bonds. The van der Waals surface area contributed by atoms with E-state index < -0.39 is 0 Å². The van der Waals surface area contributed by atoms with Gasteiger partial charge in [-0.2, -0.15) is 0 Å². The molecule has 0 heterocycles. The van der Waals surface area contributed by atoms with E-state index in [1.54, 1.807) is 0 Å². The van der Waals surface area contributed by atoms with E-state index in [4.69, 9.17) is 10.5 Å². The maximum Gasteiger partial charge on any atom is 0.0723 e. The molecule has 0 saturated carbocycles. The summed E-state index contributed by atoms with van der Waals surface area (Å²) >= 11 is 0. The molecule has 0 saturated heterocycles. The topological polar surface area (TPSA) is 35.2 Å². The van der Waals surface area contributed by atoms with E-state index >= 15 is 0 Å². The maximum atomic E-state index is 6.25. The Bertz CT molecular complexity index is 526. The van der Waals surface area contributed by atoms with Gasteiger partial charge in [-0.15, -0.1) is 0 Å². The van der Waals surface area contributed by atoms with Gasteiger partial charge in [0.1, 0.15) is 0 Å². The van der Waals surface area contributed by atoms with Crippen molar-refractivity contribution in [1.29, 1.82) is 0 Å². The van der Waals surface area contributed by atoms with Crippen molar-refractivity contribution in [1.82, 2.24) is 0 Å². The van der Waals surface area contributed by atoms with Crippen LogP contribution in [-0.4, -0.2) is 12.1 Å². The predicted octanol–water partition coefficient (Wildman–Crippen LogP) is 3.87. The van der Waals surface area contributed by atoms with Gasteiger partial charge in [-0.3, -0.25) is 0 Å². The molecule has 2 N–H and O–H groups in total. The number of rotatable bonds is 6. The Morgan fingerprint density at radius 1 is 1.00 bits per heavy atom. The summed E-state index contributed by atoms with van der Waals surface area (Å²) in [7, 11) is 0. The number of ether oxygens (including phenoxy) is 1. The highest BCUT2D eigenvalue weighted by Crippen LogP contribution is 2.20. The molecular formula is C17H23NO. The summed E-state index contributed by atoms with van der Waals surface area (Å²) in [5.74, 6) is 0. The lowest BCUT2D eigenvalue weighted by molar-refractivity contribution is 0.0702. The molecule has 0 aliphatic carbocycles. The first-order chi connectivity index (χ1) is 9.18. The highest BCUT2D eigenvalue weighted by atomic mass is 16.5. The van der Waals surface area contributed by atoms with Crippen molar-refractivity contribution in [2.45, 2.75) is 38.8 Å². The van der Waals surface area contributed by atoms with Crippen LogP contribution >= 0.6 is 0 Å². The molecule has 2 aromatic rings. The van der Waals surface area contributed by atoms with Crippen LogP contribution in [0.1, 0.15) is 32.3 Å². The number of benzene rings is 2. The van der Waals surface area contributed by atoms with E-state index in [1.807, 2.05) is 0 Å². The lowest BCUT2D eigenvalue weighted by atomic mass is 9.95. The zero-order valence-electron chi connectivity index (χ0n) is 11.9. The third-order valence-corrected chi connectivity index (χ3v) is 3.94. The van der Waals surface area contributed by atoms with Crippen LogP contribution in [0.4, 0.5) is 0 Å². The first-order valence-corrected chi connectivity index (χ1v) is 7.02. The second-order valence-electron chi connectivity index (χ2n) is 5.20. The van der Waals surface area contributed by atoms with E-state index in [1.165, 1.54) is 16.3 Å². The Morgan fingerprint density at radius 2 is 1.68 bits per heavy atom. The molecule has 0 aromatic heterocycles. The summed E-state index contributed by atoms with van der Waals surface area (Å²) < 4.78 is 5.85. The van der Waals surface area contributed by atoms with Gasteiger partial charge in [-0.05, 0) is 29.2 Å². The van der Waals surface area contributed by atoms with E-state index in [2.05, 4.69) is 56.3 Å². The SMILES string of the molecule is CCC(N)(CC)COCc1cccc2ccccc12. The lowest BCUT2D eigenvalue weighted by Crippen LogP contribution is -2.43. The van der Waals surface area contributed by atoms with Crippen molar-refractivity contribution in [3.05, 3.63) is 48.0 Å². The summed E-state index contributed by atoms with van der Waals surface area (Å²) in [5.41, 5.74) is 7.29. The van der Waals surface area contributed by atoms with Crippen LogP contribution in [0.15, 0.2) is 42.5 Å². The van der Waals surface area contributed by atoms with Gasteiger partial charge in [0.2, 0.25) is 0 Å². The quantitative estimate of drug-likeness (QED) is 0.852. The van der Waals surface area contributed by atoms with Gasteiger partial charge in [0, 0.05) is 5.54 Å². The van der Waals surface area contributed by atoms with Gasteiger partial charge < -0.3 is 10.5 Å². The minimum Gasteiger partial charge on any atom is -0.375 e. The van der Waals surface area contributed by atoms with Gasteiger partial charge in [-0.25, -0.2) is 0 Å². The number of fused-ring (bicyclic) bond motifs is 1. The predicted molar refractivity (Wildman–Crippen MR) is 81.1 cm³/mol. The fourth-order valence-corrected chi connectivity index (χ4v) is 2.24. The summed E-state index contributed by atoms with van der Waals surface area (Å²) in [6.45, 7) is 5.47. The van der Waals surface area contributed by atoms with Gasteiger partial charge >= 0.3 is 0 Å². The van der Waals surface area contributed by atoms with Gasteiger partial charge in [0.15, 0.2) is 0 Å². The van der Waals surface area contributed by atoms with Crippen molar-refractivity contribution < 1.29 is 4.74 Å². The van der Waals surface area contributed by atoms with Crippen LogP contribution in [0.25, 0.3) is 10.8 Å². The molecule has 102 valence electrons. The summed E-state index contributed by atoms with van der Waals surface area (Å²) in [4.78, 5) is 0.